The molecule has 1 saturated heterocycles. The number of aromatic nitrogens is 1. The van der Waals surface area contributed by atoms with Crippen molar-refractivity contribution < 1.29 is 19.4 Å². The third-order valence-corrected chi connectivity index (χ3v) is 8.28. The molecule has 1 aromatic carbocycles. The second-order valence-electron chi connectivity index (χ2n) is 11.8. The van der Waals surface area contributed by atoms with Crippen molar-refractivity contribution in [1.29, 1.82) is 0 Å². The van der Waals surface area contributed by atoms with Crippen LogP contribution >= 0.6 is 0 Å². The van der Waals surface area contributed by atoms with Gasteiger partial charge in [0.05, 0.1) is 19.8 Å². The van der Waals surface area contributed by atoms with Gasteiger partial charge in [-0.05, 0) is 91.7 Å². The topological polar surface area (TPSA) is 96.0 Å². The molecule has 206 valence electrons. The molecule has 3 aliphatic rings. The quantitative estimate of drug-likeness (QED) is 0.474. The molecule has 2 aliphatic carbocycles. The molecular formula is C30H42N4O4. The zero-order valence-electron chi connectivity index (χ0n) is 23.0. The van der Waals surface area contributed by atoms with Crippen LogP contribution in [0.2, 0.25) is 0 Å². The largest absolute Gasteiger partial charge is 0.475 e. The Hall–Kier alpha value is -2.84. The van der Waals surface area contributed by atoms with E-state index in [9.17, 15) is 9.90 Å². The number of nitrogens with one attached hydrogen (secondary N) is 2. The average Bonchev–Trinajstić information content (AvgIpc) is 2.87. The van der Waals surface area contributed by atoms with E-state index >= 15 is 0 Å². The molecule has 2 heterocycles. The van der Waals surface area contributed by atoms with Gasteiger partial charge in [-0.15, -0.1) is 0 Å². The van der Waals surface area contributed by atoms with E-state index < -0.39 is 0 Å². The number of nitrogens with zero attached hydrogens (tertiary/aromatic N) is 2. The van der Waals surface area contributed by atoms with Crippen LogP contribution in [0, 0.1) is 24.7 Å². The van der Waals surface area contributed by atoms with Crippen LogP contribution in [0.4, 0.5) is 16.3 Å². The normalized spacial score (nSPS) is 27.1. The molecule has 38 heavy (non-hydrogen) atoms. The van der Waals surface area contributed by atoms with Gasteiger partial charge < -0.3 is 30.1 Å². The van der Waals surface area contributed by atoms with E-state index in [0.29, 0.717) is 36.8 Å². The fourth-order valence-electron chi connectivity index (χ4n) is 7.10. The maximum Gasteiger partial charge on any atom is 0.319 e. The predicted molar refractivity (Wildman–Crippen MR) is 150 cm³/mol. The highest BCUT2D eigenvalue weighted by Gasteiger charge is 2.45. The number of carbonyl (C=O) groups excluding carboxylic acids is 1. The summed E-state index contributed by atoms with van der Waals surface area (Å²) in [5.41, 5.74) is 3.71. The van der Waals surface area contributed by atoms with Crippen molar-refractivity contribution in [2.75, 3.05) is 49.7 Å². The smallest absolute Gasteiger partial charge is 0.319 e. The number of rotatable bonds is 7. The summed E-state index contributed by atoms with van der Waals surface area (Å²) in [5.74, 6) is 3.29. The number of ether oxygens (including phenoxy) is 2. The van der Waals surface area contributed by atoms with E-state index in [1.165, 1.54) is 12.8 Å². The summed E-state index contributed by atoms with van der Waals surface area (Å²) in [6.07, 6.45) is 5.75. The summed E-state index contributed by atoms with van der Waals surface area (Å²) in [5, 5.41) is 15.8. The van der Waals surface area contributed by atoms with Crippen molar-refractivity contribution in [3.8, 4) is 17.0 Å². The van der Waals surface area contributed by atoms with Crippen molar-refractivity contribution in [1.82, 2.24) is 10.3 Å². The van der Waals surface area contributed by atoms with Crippen molar-refractivity contribution >= 4 is 17.5 Å². The Labute approximate surface area is 226 Å². The highest BCUT2D eigenvalue weighted by Crippen LogP contribution is 2.47. The van der Waals surface area contributed by atoms with Crippen LogP contribution in [0.25, 0.3) is 11.1 Å². The lowest BCUT2D eigenvalue weighted by molar-refractivity contribution is 0.0641. The van der Waals surface area contributed by atoms with Crippen molar-refractivity contribution in [2.45, 2.75) is 58.4 Å². The molecule has 3 N–H and O–H groups in total. The number of fused-ring (bicyclic) bond motifs is 2. The molecule has 5 rings (SSSR count). The lowest BCUT2D eigenvalue weighted by Gasteiger charge is -2.50. The predicted octanol–water partition coefficient (Wildman–Crippen LogP) is 4.99. The molecule has 0 radical (unpaired) electrons. The Morgan fingerprint density at radius 2 is 1.87 bits per heavy atom. The van der Waals surface area contributed by atoms with E-state index in [1.54, 1.807) is 0 Å². The Kier molecular flexibility index (Phi) is 8.09. The molecule has 0 spiro atoms. The first-order chi connectivity index (χ1) is 18.3. The number of amides is 2. The Morgan fingerprint density at radius 3 is 2.58 bits per heavy atom. The van der Waals surface area contributed by atoms with Crippen LogP contribution in [0.1, 0.15) is 51.5 Å². The van der Waals surface area contributed by atoms with Gasteiger partial charge in [-0.1, -0.05) is 19.9 Å². The zero-order valence-corrected chi connectivity index (χ0v) is 23.0. The number of anilines is 2. The number of aliphatic hydroxyl groups excluding tert-OH is 1. The van der Waals surface area contributed by atoms with Crippen LogP contribution in [-0.4, -0.2) is 61.2 Å². The van der Waals surface area contributed by atoms with Crippen LogP contribution in [-0.2, 0) is 4.74 Å². The van der Waals surface area contributed by atoms with Crippen molar-refractivity contribution in [3.05, 3.63) is 35.9 Å². The van der Waals surface area contributed by atoms with Crippen molar-refractivity contribution in [2.24, 2.45) is 17.8 Å². The molecule has 2 atom stereocenters. The summed E-state index contributed by atoms with van der Waals surface area (Å²) < 4.78 is 11.2. The number of aryl methyl sites for hydroxylation is 1. The number of pyridine rings is 1. The summed E-state index contributed by atoms with van der Waals surface area (Å²) >= 11 is 0. The summed E-state index contributed by atoms with van der Waals surface area (Å²) in [7, 11) is 0. The van der Waals surface area contributed by atoms with Gasteiger partial charge in [-0.3, -0.25) is 0 Å². The lowest BCUT2D eigenvalue weighted by Crippen LogP contribution is -2.57. The van der Waals surface area contributed by atoms with E-state index in [4.69, 9.17) is 9.47 Å². The fourth-order valence-corrected chi connectivity index (χ4v) is 7.10. The Bertz CT molecular complexity index is 1110. The SMILES string of the molecule is Cc1ccc(NC(=O)NC23CC(C)CC(CC(C)C2)C3)cc1-c1cc(OCCO)nc(N2CCOCC2)c1. The number of carbonyl (C=O) groups is 1. The number of urea groups is 1. The monoisotopic (exact) mass is 522 g/mol. The summed E-state index contributed by atoms with van der Waals surface area (Å²) in [6.45, 7) is 9.65. The van der Waals surface area contributed by atoms with Crippen molar-refractivity contribution in [3.63, 3.8) is 0 Å². The summed E-state index contributed by atoms with van der Waals surface area (Å²) in [4.78, 5) is 20.1. The fraction of sp³-hybridized carbons (Fsp3) is 0.600. The third kappa shape index (κ3) is 6.24. The molecule has 8 nitrogen and oxygen atoms in total. The van der Waals surface area contributed by atoms with Gasteiger partial charge in [0.1, 0.15) is 12.4 Å². The first kappa shape index (κ1) is 26.8. The van der Waals surface area contributed by atoms with E-state index in [1.807, 2.05) is 24.3 Å². The van der Waals surface area contributed by atoms with E-state index in [2.05, 4.69) is 47.4 Å². The highest BCUT2D eigenvalue weighted by atomic mass is 16.5. The number of aliphatic hydroxyl groups is 1. The Balaban J connectivity index is 1.37. The molecule has 2 unspecified atom stereocenters. The van der Waals surface area contributed by atoms with Gasteiger partial charge in [0.25, 0.3) is 0 Å². The molecule has 1 aliphatic heterocycles. The van der Waals surface area contributed by atoms with Gasteiger partial charge in [0.2, 0.25) is 5.88 Å². The second kappa shape index (κ2) is 11.5. The van der Waals surface area contributed by atoms with Gasteiger partial charge in [0, 0.05) is 30.4 Å². The molecule has 8 heteroatoms. The van der Waals surface area contributed by atoms with Gasteiger partial charge >= 0.3 is 6.03 Å². The minimum Gasteiger partial charge on any atom is -0.475 e. The first-order valence-electron chi connectivity index (χ1n) is 14.1. The molecule has 2 amide bonds. The van der Waals surface area contributed by atoms with Gasteiger partial charge in [-0.2, -0.15) is 4.98 Å². The van der Waals surface area contributed by atoms with Crippen LogP contribution in [0.15, 0.2) is 30.3 Å². The number of hydrogen-bond donors (Lipinski definition) is 3. The Morgan fingerprint density at radius 1 is 1.13 bits per heavy atom. The molecule has 3 fully saturated rings. The van der Waals surface area contributed by atoms with Crippen LogP contribution in [0.3, 0.4) is 0 Å². The standard InChI is InChI=1S/C30H42N4O4/c1-20-12-23-13-21(2)18-30(17-20,19-23)33-29(36)31-25-5-4-22(3)26(16-25)24-14-27(34-6-9-37-10-7-34)32-28(15-24)38-11-8-35/h4-5,14-16,20-21,23,35H,6-13,17-19H2,1-3H3,(H2,31,33,36). The van der Waals surface area contributed by atoms with Gasteiger partial charge in [-0.25, -0.2) is 4.79 Å². The average molecular weight is 523 g/mol. The highest BCUT2D eigenvalue weighted by molar-refractivity contribution is 5.91. The molecular weight excluding hydrogens is 480 g/mol. The van der Waals surface area contributed by atoms with Gasteiger partial charge in [0.15, 0.2) is 0 Å². The summed E-state index contributed by atoms with van der Waals surface area (Å²) in [6, 6.07) is 9.86. The molecule has 1 aromatic heterocycles. The maximum absolute atomic E-state index is 13.3. The molecule has 2 saturated carbocycles. The number of benzene rings is 1. The van der Waals surface area contributed by atoms with Crippen LogP contribution in [0.5, 0.6) is 5.88 Å². The van der Waals surface area contributed by atoms with E-state index in [0.717, 1.165) is 60.5 Å². The third-order valence-electron chi connectivity index (χ3n) is 8.28. The number of hydrogen-bond acceptors (Lipinski definition) is 6. The molecule has 2 bridgehead atoms. The minimum absolute atomic E-state index is 0.0772. The number of morpholine rings is 1. The van der Waals surface area contributed by atoms with E-state index in [-0.39, 0.29) is 24.8 Å². The van der Waals surface area contributed by atoms with Crippen LogP contribution < -0.4 is 20.3 Å². The lowest BCUT2D eigenvalue weighted by atomic mass is 9.61. The molecule has 2 aromatic rings. The minimum atomic E-state index is -0.127. The zero-order chi connectivity index (χ0) is 26.7. The first-order valence-corrected chi connectivity index (χ1v) is 14.1. The second-order valence-corrected chi connectivity index (χ2v) is 11.8. The maximum atomic E-state index is 13.3.